The molecule has 3 rings (SSSR count). The molecule has 1 atom stereocenters. The molecule has 1 aromatic heterocycles. The van der Waals surface area contributed by atoms with E-state index in [9.17, 15) is 18.0 Å². The minimum atomic E-state index is -4.57. The first kappa shape index (κ1) is 19.3. The van der Waals surface area contributed by atoms with E-state index in [1.54, 1.807) is 6.07 Å². The third-order valence-electron chi connectivity index (χ3n) is 4.04. The van der Waals surface area contributed by atoms with Gasteiger partial charge in [-0.3, -0.25) is 4.79 Å². The van der Waals surface area contributed by atoms with Gasteiger partial charge in [-0.05, 0) is 36.8 Å². The molecular weight excluding hydrogens is 369 g/mol. The number of halogens is 3. The summed E-state index contributed by atoms with van der Waals surface area (Å²) in [6.45, 7) is 1.95. The first-order valence-electron chi connectivity index (χ1n) is 8.47. The van der Waals surface area contributed by atoms with Gasteiger partial charge in [0, 0.05) is 6.04 Å². The quantitative estimate of drug-likeness (QED) is 0.653. The summed E-state index contributed by atoms with van der Waals surface area (Å²) in [4.78, 5) is 12.2. The molecule has 0 spiro atoms. The highest BCUT2D eigenvalue weighted by molar-refractivity contribution is 6.03. The lowest BCUT2D eigenvalue weighted by Gasteiger charge is -2.15. The van der Waals surface area contributed by atoms with E-state index in [-0.39, 0.29) is 17.4 Å². The largest absolute Gasteiger partial charge is 0.418 e. The average molecular weight is 386 g/mol. The van der Waals surface area contributed by atoms with Crippen molar-refractivity contribution in [2.24, 2.45) is 0 Å². The molecule has 0 fully saturated rings. The van der Waals surface area contributed by atoms with Gasteiger partial charge >= 0.3 is 6.18 Å². The van der Waals surface area contributed by atoms with E-state index in [4.69, 9.17) is 0 Å². The van der Waals surface area contributed by atoms with Gasteiger partial charge in [0.05, 0.1) is 11.3 Å². The lowest BCUT2D eigenvalue weighted by Crippen LogP contribution is -2.18. The van der Waals surface area contributed by atoms with Crippen LogP contribution >= 0.6 is 0 Å². The van der Waals surface area contributed by atoms with E-state index in [1.807, 2.05) is 37.3 Å². The van der Waals surface area contributed by atoms with Gasteiger partial charge < -0.3 is 10.6 Å². The Morgan fingerprint density at radius 3 is 2.25 bits per heavy atom. The van der Waals surface area contributed by atoms with E-state index < -0.39 is 17.6 Å². The van der Waals surface area contributed by atoms with E-state index in [2.05, 4.69) is 20.8 Å². The fourth-order valence-electron chi connectivity index (χ4n) is 2.60. The Labute approximate surface area is 159 Å². The summed E-state index contributed by atoms with van der Waals surface area (Å²) in [5.74, 6) is -0.324. The third-order valence-corrected chi connectivity index (χ3v) is 4.04. The molecule has 0 saturated heterocycles. The van der Waals surface area contributed by atoms with E-state index in [0.717, 1.165) is 11.6 Å². The second-order valence-electron chi connectivity index (χ2n) is 6.08. The van der Waals surface area contributed by atoms with Crippen LogP contribution in [0.15, 0.2) is 66.7 Å². The average Bonchev–Trinajstić information content (AvgIpc) is 2.69. The van der Waals surface area contributed by atoms with Crippen molar-refractivity contribution in [3.05, 3.63) is 83.6 Å². The lowest BCUT2D eigenvalue weighted by atomic mass is 10.1. The number of aromatic nitrogens is 2. The fourth-order valence-corrected chi connectivity index (χ4v) is 2.60. The molecule has 8 heteroatoms. The zero-order valence-corrected chi connectivity index (χ0v) is 14.9. The molecule has 1 unspecified atom stereocenters. The van der Waals surface area contributed by atoms with Crippen LogP contribution in [0.25, 0.3) is 0 Å². The molecular formula is C20H17F3N4O. The Bertz CT molecular complexity index is 944. The first-order valence-corrected chi connectivity index (χ1v) is 8.47. The standard InChI is InChI=1S/C20H17F3N4O/c1-13(14-7-3-2-4-8-14)24-18-12-11-17(26-27-18)19(28)25-16-10-6-5-9-15(16)20(21,22)23/h2-13H,1H3,(H,24,27)(H,25,28). The van der Waals surface area contributed by atoms with Gasteiger partial charge in [-0.25, -0.2) is 0 Å². The summed E-state index contributed by atoms with van der Waals surface area (Å²) in [5.41, 5.74) is -0.294. The molecule has 144 valence electrons. The van der Waals surface area contributed by atoms with Gasteiger partial charge in [-0.15, -0.1) is 10.2 Å². The molecule has 1 amide bonds. The van der Waals surface area contributed by atoms with Crippen LogP contribution < -0.4 is 10.6 Å². The smallest absolute Gasteiger partial charge is 0.362 e. The highest BCUT2D eigenvalue weighted by Gasteiger charge is 2.33. The van der Waals surface area contributed by atoms with E-state index in [0.29, 0.717) is 5.82 Å². The van der Waals surface area contributed by atoms with Crippen molar-refractivity contribution in [1.29, 1.82) is 0 Å². The predicted octanol–water partition coefficient (Wildman–Crippen LogP) is 4.92. The normalized spacial score (nSPS) is 12.3. The van der Waals surface area contributed by atoms with Gasteiger partial charge in [0.15, 0.2) is 5.69 Å². The summed E-state index contributed by atoms with van der Waals surface area (Å²) in [6.07, 6.45) is -4.57. The van der Waals surface area contributed by atoms with Crippen molar-refractivity contribution in [1.82, 2.24) is 10.2 Å². The Balaban J connectivity index is 1.69. The third kappa shape index (κ3) is 4.64. The molecule has 0 saturated carbocycles. The second-order valence-corrected chi connectivity index (χ2v) is 6.08. The van der Waals surface area contributed by atoms with Crippen LogP contribution in [0.1, 0.15) is 34.6 Å². The summed E-state index contributed by atoms with van der Waals surface area (Å²) in [6, 6.07) is 17.4. The number of hydrogen-bond donors (Lipinski definition) is 2. The van der Waals surface area contributed by atoms with Crippen molar-refractivity contribution >= 4 is 17.4 Å². The van der Waals surface area contributed by atoms with E-state index >= 15 is 0 Å². The number of alkyl halides is 3. The topological polar surface area (TPSA) is 66.9 Å². The lowest BCUT2D eigenvalue weighted by molar-refractivity contribution is -0.136. The van der Waals surface area contributed by atoms with Gasteiger partial charge in [0.25, 0.3) is 5.91 Å². The summed E-state index contributed by atoms with van der Waals surface area (Å²) >= 11 is 0. The Kier molecular flexibility index (Phi) is 5.58. The molecule has 0 aliphatic carbocycles. The second kappa shape index (κ2) is 8.08. The molecule has 0 radical (unpaired) electrons. The van der Waals surface area contributed by atoms with Crippen LogP contribution in [0.3, 0.4) is 0 Å². The fraction of sp³-hybridized carbons (Fsp3) is 0.150. The zero-order chi connectivity index (χ0) is 20.1. The number of benzene rings is 2. The van der Waals surface area contributed by atoms with Crippen molar-refractivity contribution < 1.29 is 18.0 Å². The highest BCUT2D eigenvalue weighted by Crippen LogP contribution is 2.34. The molecule has 28 heavy (non-hydrogen) atoms. The van der Waals surface area contributed by atoms with Crippen LogP contribution in [-0.2, 0) is 6.18 Å². The van der Waals surface area contributed by atoms with Crippen LogP contribution in [0, 0.1) is 0 Å². The minimum absolute atomic E-state index is 0.0335. The van der Waals surface area contributed by atoms with Crippen molar-refractivity contribution in [2.75, 3.05) is 10.6 Å². The number of carbonyl (C=O) groups is 1. The number of nitrogens with zero attached hydrogens (tertiary/aromatic N) is 2. The van der Waals surface area contributed by atoms with Crippen LogP contribution in [-0.4, -0.2) is 16.1 Å². The number of amides is 1. The van der Waals surface area contributed by atoms with Crippen molar-refractivity contribution in [2.45, 2.75) is 19.1 Å². The maximum atomic E-state index is 13.0. The Hall–Kier alpha value is -3.42. The van der Waals surface area contributed by atoms with Crippen molar-refractivity contribution in [3.8, 4) is 0 Å². The Morgan fingerprint density at radius 2 is 1.61 bits per heavy atom. The van der Waals surface area contributed by atoms with Gasteiger partial charge in [0.1, 0.15) is 5.82 Å². The molecule has 3 aromatic rings. The van der Waals surface area contributed by atoms with Gasteiger partial charge in [-0.1, -0.05) is 42.5 Å². The molecule has 0 aliphatic heterocycles. The molecule has 0 bridgehead atoms. The van der Waals surface area contributed by atoms with Gasteiger partial charge in [-0.2, -0.15) is 13.2 Å². The number of para-hydroxylation sites is 1. The maximum absolute atomic E-state index is 13.0. The van der Waals surface area contributed by atoms with E-state index in [1.165, 1.54) is 24.3 Å². The predicted molar refractivity (Wildman–Crippen MR) is 99.9 cm³/mol. The summed E-state index contributed by atoms with van der Waals surface area (Å²) in [7, 11) is 0. The zero-order valence-electron chi connectivity index (χ0n) is 14.9. The Morgan fingerprint density at radius 1 is 0.929 bits per heavy atom. The maximum Gasteiger partial charge on any atom is 0.418 e. The molecule has 2 aromatic carbocycles. The number of carbonyl (C=O) groups excluding carboxylic acids is 1. The number of rotatable bonds is 5. The monoisotopic (exact) mass is 386 g/mol. The highest BCUT2D eigenvalue weighted by atomic mass is 19.4. The SMILES string of the molecule is CC(Nc1ccc(C(=O)Nc2ccccc2C(F)(F)F)nn1)c1ccccc1. The number of nitrogens with one attached hydrogen (secondary N) is 2. The molecule has 5 nitrogen and oxygen atoms in total. The molecule has 1 heterocycles. The number of hydrogen-bond acceptors (Lipinski definition) is 4. The molecule has 0 aliphatic rings. The summed E-state index contributed by atoms with van der Waals surface area (Å²) in [5, 5.41) is 13.1. The van der Waals surface area contributed by atoms with Crippen LogP contribution in [0.2, 0.25) is 0 Å². The van der Waals surface area contributed by atoms with Crippen LogP contribution in [0.4, 0.5) is 24.7 Å². The first-order chi connectivity index (χ1) is 13.3. The van der Waals surface area contributed by atoms with Crippen molar-refractivity contribution in [3.63, 3.8) is 0 Å². The minimum Gasteiger partial charge on any atom is -0.362 e. The van der Waals surface area contributed by atoms with Gasteiger partial charge in [0.2, 0.25) is 0 Å². The number of anilines is 2. The van der Waals surface area contributed by atoms with Crippen LogP contribution in [0.5, 0.6) is 0 Å². The summed E-state index contributed by atoms with van der Waals surface area (Å²) < 4.78 is 39.1. The molecule has 2 N–H and O–H groups in total.